The van der Waals surface area contributed by atoms with E-state index in [9.17, 15) is 10.1 Å². The average molecular weight is 394 g/mol. The molecule has 2 aliphatic rings. The van der Waals surface area contributed by atoms with Crippen LogP contribution in [0.5, 0.6) is 0 Å². The van der Waals surface area contributed by atoms with Crippen molar-refractivity contribution in [3.8, 4) is 6.07 Å². The van der Waals surface area contributed by atoms with E-state index >= 15 is 0 Å². The zero-order valence-corrected chi connectivity index (χ0v) is 15.8. The molecular weight excluding hydrogens is 373 g/mol. The predicted octanol–water partition coefficient (Wildman–Crippen LogP) is 3.11. The molecule has 1 aromatic rings. The van der Waals surface area contributed by atoms with Gasteiger partial charge in [0.2, 0.25) is 0 Å². The number of carbonyl (C=O) groups is 1. The smallest absolute Gasteiger partial charge is 0.252 e. The molecule has 7 heteroatoms. The highest BCUT2D eigenvalue weighted by molar-refractivity contribution is 6.45. The van der Waals surface area contributed by atoms with Crippen LogP contribution in [0.4, 0.5) is 0 Å². The quantitative estimate of drug-likeness (QED) is 0.780. The lowest BCUT2D eigenvalue weighted by Gasteiger charge is -2.41. The standard InChI is InChI=1S/C19H21Cl2N3O2/c20-18(21)19(13-22,23-17(25)14-5-2-1-3-6-14)15-7-4-8-16(15)24-9-11-26-12-10-24/h1-3,5-6,8,15,18H,4,7,9-12H2,(H,23,25). The molecule has 1 aliphatic carbocycles. The highest BCUT2D eigenvalue weighted by Gasteiger charge is 2.50. The van der Waals surface area contributed by atoms with Crippen molar-refractivity contribution in [1.29, 1.82) is 5.26 Å². The summed E-state index contributed by atoms with van der Waals surface area (Å²) in [4.78, 5) is 13.9. The number of hydrogen-bond acceptors (Lipinski definition) is 4. The Morgan fingerprint density at radius 2 is 2.00 bits per heavy atom. The van der Waals surface area contributed by atoms with E-state index in [4.69, 9.17) is 27.9 Å². The van der Waals surface area contributed by atoms with Crippen LogP contribution < -0.4 is 5.32 Å². The molecule has 2 atom stereocenters. The summed E-state index contributed by atoms with van der Waals surface area (Å²) in [5, 5.41) is 12.9. The minimum Gasteiger partial charge on any atom is -0.378 e. The molecule has 0 radical (unpaired) electrons. The van der Waals surface area contributed by atoms with Gasteiger partial charge in [0.05, 0.1) is 19.3 Å². The number of hydrogen-bond donors (Lipinski definition) is 1. The zero-order valence-electron chi connectivity index (χ0n) is 14.3. The Balaban J connectivity index is 1.88. The fourth-order valence-electron chi connectivity index (χ4n) is 3.62. The van der Waals surface area contributed by atoms with Crippen LogP contribution in [0.2, 0.25) is 0 Å². The van der Waals surface area contributed by atoms with E-state index in [-0.39, 0.29) is 11.8 Å². The first kappa shape index (κ1) is 19.0. The van der Waals surface area contributed by atoms with Gasteiger partial charge in [0.25, 0.3) is 5.91 Å². The van der Waals surface area contributed by atoms with Gasteiger partial charge < -0.3 is 15.0 Å². The monoisotopic (exact) mass is 393 g/mol. The summed E-state index contributed by atoms with van der Waals surface area (Å²) in [5.41, 5.74) is 0.0990. The fourth-order valence-corrected chi connectivity index (χ4v) is 4.13. The number of rotatable bonds is 5. The predicted molar refractivity (Wildman–Crippen MR) is 101 cm³/mol. The van der Waals surface area contributed by atoms with Gasteiger partial charge in [0.1, 0.15) is 4.84 Å². The molecule has 2 unspecified atom stereocenters. The van der Waals surface area contributed by atoms with Gasteiger partial charge in [-0.1, -0.05) is 24.3 Å². The van der Waals surface area contributed by atoms with E-state index in [1.54, 1.807) is 24.3 Å². The van der Waals surface area contributed by atoms with Gasteiger partial charge >= 0.3 is 0 Å². The summed E-state index contributed by atoms with van der Waals surface area (Å²) >= 11 is 12.5. The van der Waals surface area contributed by atoms with E-state index in [0.29, 0.717) is 25.2 Å². The van der Waals surface area contributed by atoms with E-state index < -0.39 is 10.4 Å². The number of allylic oxidation sites excluding steroid dienone is 1. The van der Waals surface area contributed by atoms with Crippen molar-refractivity contribution in [3.63, 3.8) is 0 Å². The van der Waals surface area contributed by atoms with Gasteiger partial charge in [-0.05, 0) is 25.0 Å². The summed E-state index contributed by atoms with van der Waals surface area (Å²) in [7, 11) is 0. The molecule has 5 nitrogen and oxygen atoms in total. The summed E-state index contributed by atoms with van der Waals surface area (Å²) in [5.74, 6) is -0.620. The maximum Gasteiger partial charge on any atom is 0.252 e. The zero-order chi connectivity index (χ0) is 18.6. The maximum absolute atomic E-state index is 12.7. The third-order valence-corrected chi connectivity index (χ3v) is 5.67. The van der Waals surface area contributed by atoms with Crippen LogP contribution in [0.1, 0.15) is 23.2 Å². The van der Waals surface area contributed by atoms with Crippen LogP contribution in [0, 0.1) is 17.2 Å². The Morgan fingerprint density at radius 1 is 1.31 bits per heavy atom. The molecule has 1 saturated heterocycles. The van der Waals surface area contributed by atoms with Gasteiger partial charge in [-0.25, -0.2) is 0 Å². The number of morpholine rings is 1. The van der Waals surface area contributed by atoms with Crippen LogP contribution in [0.3, 0.4) is 0 Å². The lowest BCUT2D eigenvalue weighted by Crippen LogP contribution is -2.58. The largest absolute Gasteiger partial charge is 0.378 e. The molecule has 26 heavy (non-hydrogen) atoms. The molecule has 0 aromatic heterocycles. The van der Waals surface area contributed by atoms with Crippen molar-refractivity contribution in [2.45, 2.75) is 23.2 Å². The lowest BCUT2D eigenvalue weighted by molar-refractivity contribution is 0.0459. The number of amides is 1. The molecule has 1 amide bonds. The minimum absolute atomic E-state index is 0.265. The number of halogens is 2. The van der Waals surface area contributed by atoms with Crippen LogP contribution in [-0.4, -0.2) is 47.5 Å². The number of nitrogens with one attached hydrogen (secondary N) is 1. The fraction of sp³-hybridized carbons (Fsp3) is 0.474. The summed E-state index contributed by atoms with van der Waals surface area (Å²) < 4.78 is 5.42. The van der Waals surface area contributed by atoms with Gasteiger partial charge in [-0.3, -0.25) is 4.79 Å². The molecule has 3 rings (SSSR count). The molecule has 1 N–H and O–H groups in total. The van der Waals surface area contributed by atoms with E-state index in [1.165, 1.54) is 0 Å². The van der Waals surface area contributed by atoms with Crippen molar-refractivity contribution in [2.24, 2.45) is 5.92 Å². The van der Waals surface area contributed by atoms with Crippen molar-refractivity contribution >= 4 is 29.1 Å². The Bertz CT molecular complexity index is 711. The second kappa shape index (κ2) is 8.30. The van der Waals surface area contributed by atoms with Crippen LogP contribution in [0.15, 0.2) is 42.1 Å². The second-order valence-electron chi connectivity index (χ2n) is 6.46. The molecule has 138 valence electrons. The molecule has 1 heterocycles. The number of nitriles is 1. The van der Waals surface area contributed by atoms with E-state index in [1.807, 2.05) is 6.07 Å². The molecule has 1 aromatic carbocycles. The highest BCUT2D eigenvalue weighted by Crippen LogP contribution is 2.41. The van der Waals surface area contributed by atoms with Crippen molar-refractivity contribution in [3.05, 3.63) is 47.7 Å². The third kappa shape index (κ3) is 3.68. The number of benzene rings is 1. The average Bonchev–Trinajstić information content (AvgIpc) is 3.17. The maximum atomic E-state index is 12.7. The minimum atomic E-state index is -1.39. The summed E-state index contributed by atoms with van der Waals surface area (Å²) in [6, 6.07) is 11.0. The van der Waals surface area contributed by atoms with Gasteiger partial charge in [-0.15, -0.1) is 23.2 Å². The first-order chi connectivity index (χ1) is 12.6. The normalized spacial score (nSPS) is 22.5. The Hall–Kier alpha value is -1.74. The third-order valence-electron chi connectivity index (χ3n) is 4.98. The number of carbonyl (C=O) groups excluding carboxylic acids is 1. The van der Waals surface area contributed by atoms with Gasteiger partial charge in [-0.2, -0.15) is 5.26 Å². The van der Waals surface area contributed by atoms with E-state index in [0.717, 1.165) is 25.2 Å². The Morgan fingerprint density at radius 3 is 2.62 bits per heavy atom. The Kier molecular flexibility index (Phi) is 6.08. The topological polar surface area (TPSA) is 65.4 Å². The highest BCUT2D eigenvalue weighted by atomic mass is 35.5. The Labute approximate surface area is 163 Å². The van der Waals surface area contributed by atoms with Gasteiger partial charge in [0, 0.05) is 30.3 Å². The molecule has 1 aliphatic heterocycles. The molecule has 0 saturated carbocycles. The first-order valence-electron chi connectivity index (χ1n) is 8.68. The van der Waals surface area contributed by atoms with Crippen molar-refractivity contribution in [2.75, 3.05) is 26.3 Å². The molecule has 0 spiro atoms. The number of ether oxygens (including phenoxy) is 1. The molecular formula is C19H21Cl2N3O2. The van der Waals surface area contributed by atoms with E-state index in [2.05, 4.69) is 22.4 Å². The van der Waals surface area contributed by atoms with Crippen molar-refractivity contribution < 1.29 is 9.53 Å². The second-order valence-corrected chi connectivity index (χ2v) is 7.56. The lowest BCUT2D eigenvalue weighted by atomic mass is 9.83. The number of alkyl halides is 2. The number of nitrogens with zero attached hydrogens (tertiary/aromatic N) is 2. The van der Waals surface area contributed by atoms with Crippen molar-refractivity contribution in [1.82, 2.24) is 10.2 Å². The van der Waals surface area contributed by atoms with Crippen LogP contribution in [-0.2, 0) is 4.74 Å². The summed E-state index contributed by atoms with van der Waals surface area (Å²) in [6.07, 6.45) is 3.65. The SMILES string of the molecule is N#CC(NC(=O)c1ccccc1)(C(Cl)Cl)C1CCC=C1N1CCOCC1. The summed E-state index contributed by atoms with van der Waals surface area (Å²) in [6.45, 7) is 2.80. The molecule has 0 bridgehead atoms. The van der Waals surface area contributed by atoms with Crippen LogP contribution >= 0.6 is 23.2 Å². The van der Waals surface area contributed by atoms with Crippen LogP contribution in [0.25, 0.3) is 0 Å². The first-order valence-corrected chi connectivity index (χ1v) is 9.55. The molecule has 1 fully saturated rings. The van der Waals surface area contributed by atoms with Gasteiger partial charge in [0.15, 0.2) is 5.54 Å².